The Hall–Kier alpha value is -0.0800. The predicted molar refractivity (Wildman–Crippen MR) is 53.8 cm³/mol. The molecule has 6 aliphatic carbocycles. The van der Waals surface area contributed by atoms with Gasteiger partial charge in [-0.15, -0.1) is 0 Å². The lowest BCUT2D eigenvalue weighted by Gasteiger charge is -2.32. The lowest BCUT2D eigenvalue weighted by atomic mass is 9.71. The molecule has 0 amide bonds. The minimum absolute atomic E-state index is 0.0908. The molecule has 6 aliphatic rings. The standard InChI is InChI=1S/C13H18O2/c1-12(14)8-4-3-5-6(8)11-10(12)7(4)9(5)13(11,2)15/h4-11,14-15H,3H2,1-2H3/t4?,5?,6?,7?,8?,9?,10?,11?,12-,13-/m0/s1/i1D3,2D3. The van der Waals surface area contributed by atoms with Crippen LogP contribution in [0.1, 0.15) is 28.3 Å². The van der Waals surface area contributed by atoms with Crippen molar-refractivity contribution in [3.05, 3.63) is 0 Å². The average molecular weight is 212 g/mol. The Bertz CT molecular complexity index is 510. The Morgan fingerprint density at radius 3 is 1.80 bits per heavy atom. The van der Waals surface area contributed by atoms with Crippen molar-refractivity contribution in [2.45, 2.75) is 31.3 Å². The number of hydrogen-bond acceptors (Lipinski definition) is 2. The maximum Gasteiger partial charge on any atom is 0.0688 e. The monoisotopic (exact) mass is 212 g/mol. The molecule has 6 saturated carbocycles. The van der Waals surface area contributed by atoms with Crippen molar-refractivity contribution >= 4 is 0 Å². The summed E-state index contributed by atoms with van der Waals surface area (Å²) in [4.78, 5) is 0. The molecule has 6 rings (SSSR count). The first-order valence-corrected chi connectivity index (χ1v) is 5.92. The van der Waals surface area contributed by atoms with Crippen LogP contribution in [0.3, 0.4) is 0 Å². The van der Waals surface area contributed by atoms with E-state index in [-0.39, 0.29) is 35.5 Å². The molecule has 8 unspecified atom stereocenters. The van der Waals surface area contributed by atoms with Gasteiger partial charge in [0.25, 0.3) is 0 Å². The van der Waals surface area contributed by atoms with Crippen LogP contribution in [0.15, 0.2) is 0 Å². The summed E-state index contributed by atoms with van der Waals surface area (Å²) in [7, 11) is 0. The Morgan fingerprint density at radius 2 is 1.40 bits per heavy atom. The van der Waals surface area contributed by atoms with E-state index in [1.807, 2.05) is 0 Å². The lowest BCUT2D eigenvalue weighted by molar-refractivity contribution is -0.0214. The molecule has 15 heavy (non-hydrogen) atoms. The van der Waals surface area contributed by atoms with Crippen molar-refractivity contribution in [3.63, 3.8) is 0 Å². The molecule has 6 fully saturated rings. The van der Waals surface area contributed by atoms with Crippen molar-refractivity contribution in [1.29, 1.82) is 0 Å². The van der Waals surface area contributed by atoms with Crippen LogP contribution in [0, 0.1) is 47.3 Å². The second-order valence-corrected chi connectivity index (χ2v) is 6.47. The van der Waals surface area contributed by atoms with Gasteiger partial charge in [-0.3, -0.25) is 0 Å². The maximum absolute atomic E-state index is 11.0. The summed E-state index contributed by atoms with van der Waals surface area (Å²) < 4.78 is 46.8. The van der Waals surface area contributed by atoms with E-state index in [2.05, 4.69) is 0 Å². The van der Waals surface area contributed by atoms with E-state index in [1.54, 1.807) is 0 Å². The SMILES string of the molecule is [2H]C([2H])([2H])[C@]1(O)C2C3CC4C2C2C1C3C4[C@@]2(O)C([2H])([2H])[2H]. The molecule has 6 bridgehead atoms. The third-order valence-electron chi connectivity index (χ3n) is 6.53. The minimum Gasteiger partial charge on any atom is -0.390 e. The highest BCUT2D eigenvalue weighted by molar-refractivity contribution is 5.36. The van der Waals surface area contributed by atoms with E-state index >= 15 is 0 Å². The minimum atomic E-state index is -2.51. The Morgan fingerprint density at radius 1 is 0.933 bits per heavy atom. The fourth-order valence-corrected chi connectivity index (χ4v) is 6.78. The second-order valence-electron chi connectivity index (χ2n) is 6.47. The fraction of sp³-hybridized carbons (Fsp3) is 1.00. The van der Waals surface area contributed by atoms with E-state index in [4.69, 9.17) is 8.22 Å². The topological polar surface area (TPSA) is 40.5 Å². The van der Waals surface area contributed by atoms with Gasteiger partial charge < -0.3 is 10.2 Å². The molecular formula is C13H18O2. The summed E-state index contributed by atoms with van der Waals surface area (Å²) in [6.07, 6.45) is 0.786. The van der Waals surface area contributed by atoms with Gasteiger partial charge in [0.2, 0.25) is 0 Å². The van der Waals surface area contributed by atoms with Gasteiger partial charge in [0, 0.05) is 8.22 Å². The number of rotatable bonds is 0. The van der Waals surface area contributed by atoms with Crippen LogP contribution in [-0.4, -0.2) is 21.4 Å². The Kier molecular flexibility index (Phi) is 0.529. The summed E-state index contributed by atoms with van der Waals surface area (Å²) in [6.45, 7) is -5.02. The first-order chi connectivity index (χ1) is 9.47. The van der Waals surface area contributed by atoms with Crippen LogP contribution in [0.25, 0.3) is 0 Å². The molecule has 2 nitrogen and oxygen atoms in total. The maximum atomic E-state index is 11.0. The zero-order chi connectivity index (χ0) is 15.3. The first-order valence-electron chi connectivity index (χ1n) is 8.92. The van der Waals surface area contributed by atoms with Crippen LogP contribution >= 0.6 is 0 Å². The highest BCUT2D eigenvalue weighted by atomic mass is 16.3. The van der Waals surface area contributed by atoms with Crippen molar-refractivity contribution in [2.75, 3.05) is 0 Å². The van der Waals surface area contributed by atoms with Gasteiger partial charge in [-0.1, -0.05) is 0 Å². The summed E-state index contributed by atoms with van der Waals surface area (Å²) in [5.74, 6) is -1.89. The predicted octanol–water partition coefficient (Wildman–Crippen LogP) is 0.876. The Balaban J connectivity index is 1.74. The summed E-state index contributed by atoms with van der Waals surface area (Å²) in [5.41, 5.74) is -3.59. The molecule has 10 atom stereocenters. The summed E-state index contributed by atoms with van der Waals surface area (Å²) in [5, 5.41) is 22.1. The average Bonchev–Trinajstić information content (AvgIpc) is 3.00. The molecule has 0 radical (unpaired) electrons. The summed E-state index contributed by atoms with van der Waals surface area (Å²) in [6, 6.07) is 0. The van der Waals surface area contributed by atoms with Crippen molar-refractivity contribution in [3.8, 4) is 0 Å². The molecule has 0 aromatic rings. The van der Waals surface area contributed by atoms with Crippen LogP contribution in [-0.2, 0) is 0 Å². The van der Waals surface area contributed by atoms with E-state index < -0.39 is 36.7 Å². The molecule has 0 heterocycles. The van der Waals surface area contributed by atoms with E-state index in [0.29, 0.717) is 0 Å². The third-order valence-corrected chi connectivity index (χ3v) is 6.53. The number of hydrogen-bond donors (Lipinski definition) is 2. The molecule has 0 spiro atoms. The van der Waals surface area contributed by atoms with Crippen molar-refractivity contribution in [1.82, 2.24) is 0 Å². The van der Waals surface area contributed by atoms with Gasteiger partial charge in [0.15, 0.2) is 0 Å². The zero-order valence-electron chi connectivity index (χ0n) is 14.2. The van der Waals surface area contributed by atoms with Crippen molar-refractivity contribution in [2.24, 2.45) is 47.3 Å². The first kappa shape index (κ1) is 4.66. The molecular weight excluding hydrogens is 188 g/mol. The van der Waals surface area contributed by atoms with Crippen molar-refractivity contribution < 1.29 is 18.4 Å². The largest absolute Gasteiger partial charge is 0.390 e. The number of aliphatic hydroxyl groups is 2. The van der Waals surface area contributed by atoms with E-state index in [0.717, 1.165) is 6.42 Å². The van der Waals surface area contributed by atoms with Crippen LogP contribution in [0.4, 0.5) is 0 Å². The van der Waals surface area contributed by atoms with Gasteiger partial charge in [-0.25, -0.2) is 0 Å². The molecule has 0 saturated heterocycles. The van der Waals surface area contributed by atoms with Gasteiger partial charge >= 0.3 is 0 Å². The van der Waals surface area contributed by atoms with Gasteiger partial charge in [0.05, 0.1) is 11.2 Å². The smallest absolute Gasteiger partial charge is 0.0688 e. The summed E-state index contributed by atoms with van der Waals surface area (Å²) >= 11 is 0. The molecule has 0 aliphatic heterocycles. The third kappa shape index (κ3) is 0.484. The lowest BCUT2D eigenvalue weighted by Crippen LogP contribution is -2.35. The normalized spacial score (nSPS) is 93.2. The highest BCUT2D eigenvalue weighted by Gasteiger charge is 2.88. The zero-order valence-corrected chi connectivity index (χ0v) is 8.22. The quantitative estimate of drug-likeness (QED) is 0.625. The molecule has 2 heteroatoms. The van der Waals surface area contributed by atoms with Crippen LogP contribution in [0.5, 0.6) is 0 Å². The molecule has 2 N–H and O–H groups in total. The fourth-order valence-electron chi connectivity index (χ4n) is 6.78. The molecule has 82 valence electrons. The van der Waals surface area contributed by atoms with Gasteiger partial charge in [-0.2, -0.15) is 0 Å². The van der Waals surface area contributed by atoms with E-state index in [9.17, 15) is 10.2 Å². The highest BCUT2D eigenvalue weighted by Crippen LogP contribution is 2.87. The van der Waals surface area contributed by atoms with E-state index in [1.165, 1.54) is 0 Å². The molecule has 0 aromatic heterocycles. The van der Waals surface area contributed by atoms with Crippen LogP contribution in [0.2, 0.25) is 0 Å². The van der Waals surface area contributed by atoms with Gasteiger partial charge in [-0.05, 0) is 67.5 Å². The van der Waals surface area contributed by atoms with Crippen LogP contribution < -0.4 is 0 Å². The van der Waals surface area contributed by atoms with Gasteiger partial charge in [0.1, 0.15) is 0 Å². The second kappa shape index (κ2) is 1.70. The molecule has 0 aromatic carbocycles. The Labute approximate surface area is 98.1 Å².